The van der Waals surface area contributed by atoms with Crippen molar-refractivity contribution in [3.05, 3.63) is 48.2 Å². The molecule has 4 atom stereocenters. The lowest BCUT2D eigenvalue weighted by atomic mass is 10.0. The number of anilines is 1. The van der Waals surface area contributed by atoms with Crippen molar-refractivity contribution in [3.8, 4) is 0 Å². The van der Waals surface area contributed by atoms with Crippen molar-refractivity contribution in [2.24, 2.45) is 0 Å². The number of nitrogens with one attached hydrogen (secondary N) is 2. The first-order chi connectivity index (χ1) is 15.4. The zero-order chi connectivity index (χ0) is 22.7. The Kier molecular flexibility index (Phi) is 6.65. The highest BCUT2D eigenvalue weighted by molar-refractivity contribution is 7.84. The highest BCUT2D eigenvalue weighted by Crippen LogP contribution is 2.28. The van der Waals surface area contributed by atoms with E-state index in [0.29, 0.717) is 5.82 Å². The molecule has 1 fully saturated rings. The molecule has 2 aromatic rings. The van der Waals surface area contributed by atoms with Crippen LogP contribution in [0.5, 0.6) is 0 Å². The number of hydrogen-bond donors (Lipinski definition) is 3. The van der Waals surface area contributed by atoms with E-state index in [2.05, 4.69) is 37.3 Å². The average Bonchev–Trinajstić information content (AvgIpc) is 3.41. The summed E-state index contributed by atoms with van der Waals surface area (Å²) in [4.78, 5) is 21.3. The van der Waals surface area contributed by atoms with Gasteiger partial charge in [0.2, 0.25) is 5.78 Å². The number of hydrogen-bond acceptors (Lipinski definition) is 9. The molecule has 0 saturated heterocycles. The molecule has 2 aromatic heterocycles. The molecule has 0 unspecified atom stereocenters. The van der Waals surface area contributed by atoms with Gasteiger partial charge in [-0.3, -0.25) is 13.7 Å². The van der Waals surface area contributed by atoms with Crippen molar-refractivity contribution in [3.63, 3.8) is 0 Å². The van der Waals surface area contributed by atoms with Crippen LogP contribution >= 0.6 is 0 Å². The van der Waals surface area contributed by atoms with Crippen LogP contribution in [-0.4, -0.2) is 64.4 Å². The molecule has 32 heavy (non-hydrogen) atoms. The second-order valence-electron chi connectivity index (χ2n) is 7.89. The number of aliphatic hydroxyl groups excluding tert-OH is 1. The average molecular weight is 463 g/mol. The zero-order valence-electron chi connectivity index (χ0n) is 17.6. The molecule has 0 radical (unpaired) electrons. The summed E-state index contributed by atoms with van der Waals surface area (Å²) in [5.74, 6) is -0.0258. The second-order valence-corrected chi connectivity index (χ2v) is 9.40. The Balaban J connectivity index is 1.48. The van der Waals surface area contributed by atoms with Gasteiger partial charge in [-0.1, -0.05) is 12.2 Å². The summed E-state index contributed by atoms with van der Waals surface area (Å²) < 4.78 is 32.1. The predicted molar refractivity (Wildman–Crippen MR) is 115 cm³/mol. The SMILES string of the molecule is CNS(=O)(=O)O[C@@H]1C[C@H](Nc2ncncc2C(=O)c2ccn([C@H]3C=CCCC3)n2)C[C@@H]1O. The monoisotopic (exact) mass is 462 g/mol. The van der Waals surface area contributed by atoms with E-state index in [-0.39, 0.29) is 42.0 Å². The van der Waals surface area contributed by atoms with E-state index >= 15 is 0 Å². The van der Waals surface area contributed by atoms with Crippen molar-refractivity contribution in [1.82, 2.24) is 24.5 Å². The van der Waals surface area contributed by atoms with Gasteiger partial charge in [0.15, 0.2) is 0 Å². The molecule has 3 N–H and O–H groups in total. The molecule has 0 amide bonds. The molecule has 11 nitrogen and oxygen atoms in total. The molecule has 2 heterocycles. The standard InChI is InChI=1S/C20H26N6O5S/c1-21-32(29,30)31-18-10-13(9-17(18)27)24-20-15(11-22-12-23-20)19(28)16-7-8-26(25-16)14-5-3-2-4-6-14/h3,5,7-8,11-14,17-18,21,27H,2,4,6,9-10H2,1H3,(H,22,23,24)/t13-,14+,17+,18-/m1/s1. The maximum absolute atomic E-state index is 13.1. The minimum atomic E-state index is -3.93. The van der Waals surface area contributed by atoms with Crippen LogP contribution in [0.4, 0.5) is 5.82 Å². The topological polar surface area (TPSA) is 148 Å². The van der Waals surface area contributed by atoms with Gasteiger partial charge >= 0.3 is 10.3 Å². The fourth-order valence-electron chi connectivity index (χ4n) is 4.01. The Hall–Kier alpha value is -2.67. The van der Waals surface area contributed by atoms with Gasteiger partial charge < -0.3 is 10.4 Å². The minimum Gasteiger partial charge on any atom is -0.390 e. The van der Waals surface area contributed by atoms with Crippen molar-refractivity contribution in [1.29, 1.82) is 0 Å². The molecular weight excluding hydrogens is 436 g/mol. The number of allylic oxidation sites excluding steroid dienone is 2. The van der Waals surface area contributed by atoms with Gasteiger partial charge in [-0.05, 0) is 38.2 Å². The van der Waals surface area contributed by atoms with Crippen LogP contribution in [-0.2, 0) is 14.5 Å². The van der Waals surface area contributed by atoms with Crippen LogP contribution in [0, 0.1) is 0 Å². The molecule has 172 valence electrons. The van der Waals surface area contributed by atoms with E-state index < -0.39 is 22.5 Å². The van der Waals surface area contributed by atoms with E-state index in [4.69, 9.17) is 4.18 Å². The van der Waals surface area contributed by atoms with Crippen LogP contribution in [0.2, 0.25) is 0 Å². The van der Waals surface area contributed by atoms with Crippen LogP contribution in [0.15, 0.2) is 36.9 Å². The zero-order valence-corrected chi connectivity index (χ0v) is 18.4. The lowest BCUT2D eigenvalue weighted by Crippen LogP contribution is -2.31. The van der Waals surface area contributed by atoms with Gasteiger partial charge in [-0.2, -0.15) is 18.2 Å². The van der Waals surface area contributed by atoms with Crippen molar-refractivity contribution in [2.45, 2.75) is 56.4 Å². The quantitative estimate of drug-likeness (QED) is 0.385. The summed E-state index contributed by atoms with van der Waals surface area (Å²) in [6.45, 7) is 0. The van der Waals surface area contributed by atoms with Gasteiger partial charge in [-0.25, -0.2) is 9.97 Å². The Labute approximate surface area is 186 Å². The largest absolute Gasteiger partial charge is 0.390 e. The van der Waals surface area contributed by atoms with Gasteiger partial charge in [0.05, 0.1) is 17.7 Å². The summed E-state index contributed by atoms with van der Waals surface area (Å²) in [6, 6.07) is 1.47. The van der Waals surface area contributed by atoms with Crippen LogP contribution in [0.25, 0.3) is 0 Å². The van der Waals surface area contributed by atoms with E-state index in [0.717, 1.165) is 19.3 Å². The molecule has 0 aromatic carbocycles. The maximum Gasteiger partial charge on any atom is 0.335 e. The van der Waals surface area contributed by atoms with Crippen LogP contribution in [0.1, 0.15) is 54.2 Å². The third-order valence-corrected chi connectivity index (χ3v) is 6.68. The number of ketones is 1. The van der Waals surface area contributed by atoms with Crippen molar-refractivity contribution >= 4 is 21.9 Å². The first-order valence-electron chi connectivity index (χ1n) is 10.5. The third-order valence-electron chi connectivity index (χ3n) is 5.68. The van der Waals surface area contributed by atoms with Gasteiger partial charge in [0.25, 0.3) is 0 Å². The maximum atomic E-state index is 13.1. The van der Waals surface area contributed by atoms with Crippen LogP contribution in [0.3, 0.4) is 0 Å². The highest BCUT2D eigenvalue weighted by Gasteiger charge is 2.37. The molecule has 0 spiro atoms. The summed E-state index contributed by atoms with van der Waals surface area (Å²) in [5.41, 5.74) is 0.535. The lowest BCUT2D eigenvalue weighted by molar-refractivity contribution is 0.0636. The van der Waals surface area contributed by atoms with E-state index in [1.165, 1.54) is 19.6 Å². The molecular formula is C20H26N6O5S. The Morgan fingerprint density at radius 2 is 2.19 bits per heavy atom. The van der Waals surface area contributed by atoms with E-state index in [1.807, 2.05) is 0 Å². The van der Waals surface area contributed by atoms with Crippen molar-refractivity contribution < 1.29 is 22.5 Å². The number of nitrogens with zero attached hydrogens (tertiary/aromatic N) is 4. The first-order valence-corrected chi connectivity index (χ1v) is 11.9. The summed E-state index contributed by atoms with van der Waals surface area (Å²) in [5, 5.41) is 17.8. The number of carbonyl (C=O) groups is 1. The number of carbonyl (C=O) groups excluding carboxylic acids is 1. The van der Waals surface area contributed by atoms with Crippen LogP contribution < -0.4 is 10.0 Å². The first kappa shape index (κ1) is 22.5. The molecule has 12 heteroatoms. The summed E-state index contributed by atoms with van der Waals surface area (Å²) >= 11 is 0. The Morgan fingerprint density at radius 1 is 1.34 bits per heavy atom. The number of aliphatic hydroxyl groups is 1. The smallest absolute Gasteiger partial charge is 0.335 e. The highest BCUT2D eigenvalue weighted by atomic mass is 32.2. The fourth-order valence-corrected chi connectivity index (χ4v) is 4.64. The molecule has 2 aliphatic carbocycles. The number of aromatic nitrogens is 4. The third kappa shape index (κ3) is 5.04. The predicted octanol–water partition coefficient (Wildman–Crippen LogP) is 0.970. The molecule has 2 aliphatic rings. The lowest BCUT2D eigenvalue weighted by Gasteiger charge is -2.16. The number of rotatable bonds is 8. The van der Waals surface area contributed by atoms with Gasteiger partial charge in [0, 0.05) is 25.5 Å². The summed E-state index contributed by atoms with van der Waals surface area (Å²) in [6.07, 6.45) is 10.5. The molecule has 1 saturated carbocycles. The Morgan fingerprint density at radius 3 is 2.94 bits per heavy atom. The van der Waals surface area contributed by atoms with Crippen molar-refractivity contribution in [2.75, 3.05) is 12.4 Å². The molecule has 0 bridgehead atoms. The van der Waals surface area contributed by atoms with Gasteiger partial charge in [0.1, 0.15) is 23.9 Å². The summed E-state index contributed by atoms with van der Waals surface area (Å²) in [7, 11) is -2.70. The normalized spacial score (nSPS) is 25.7. The second kappa shape index (κ2) is 9.45. The molecule has 0 aliphatic heterocycles. The van der Waals surface area contributed by atoms with E-state index in [1.54, 1.807) is 16.9 Å². The fraction of sp³-hybridized carbons (Fsp3) is 0.500. The minimum absolute atomic E-state index is 0.140. The van der Waals surface area contributed by atoms with Gasteiger partial charge in [-0.15, -0.1) is 0 Å². The van der Waals surface area contributed by atoms with E-state index in [9.17, 15) is 18.3 Å². The Bertz CT molecular complexity index is 1100. The molecule has 4 rings (SSSR count).